The van der Waals surface area contributed by atoms with Crippen molar-refractivity contribution >= 4 is 46.1 Å². The molecule has 1 aromatic carbocycles. The summed E-state index contributed by atoms with van der Waals surface area (Å²) in [5.74, 6) is 1.76. The van der Waals surface area contributed by atoms with Gasteiger partial charge < -0.3 is 15.2 Å². The number of anilines is 1. The van der Waals surface area contributed by atoms with Crippen LogP contribution in [0.1, 0.15) is 36.9 Å². The minimum atomic E-state index is -0.288. The first-order chi connectivity index (χ1) is 16.4. The summed E-state index contributed by atoms with van der Waals surface area (Å²) >= 11 is 7.88. The zero-order valence-corrected chi connectivity index (χ0v) is 21.0. The van der Waals surface area contributed by atoms with Gasteiger partial charge in [0.25, 0.3) is 5.91 Å². The standard InChI is InChI=1S/C23H26ClN7O2S/c1-5-34-23-28-20(27-13(2)3)16-12-26-31(21(16)29-23)11-10-25-22(32)18-14(4)33-30-19(18)15-8-6-7-9-17(15)24/h6-9,12-13H,5,10-11H2,1-4H3,(H,25,32)(H,27,28,29). The van der Waals surface area contributed by atoms with Gasteiger partial charge in [0.2, 0.25) is 0 Å². The average molecular weight is 500 g/mol. The maximum atomic E-state index is 13.0. The molecule has 0 fully saturated rings. The van der Waals surface area contributed by atoms with Gasteiger partial charge in [-0.1, -0.05) is 53.6 Å². The number of benzene rings is 1. The molecule has 34 heavy (non-hydrogen) atoms. The van der Waals surface area contributed by atoms with E-state index in [-0.39, 0.29) is 11.9 Å². The van der Waals surface area contributed by atoms with Crippen molar-refractivity contribution in [3.63, 3.8) is 0 Å². The predicted molar refractivity (Wildman–Crippen MR) is 134 cm³/mol. The number of halogens is 1. The minimum Gasteiger partial charge on any atom is -0.367 e. The van der Waals surface area contributed by atoms with Crippen LogP contribution < -0.4 is 10.6 Å². The van der Waals surface area contributed by atoms with E-state index in [0.29, 0.717) is 45.8 Å². The molecular formula is C23H26ClN7O2S. The van der Waals surface area contributed by atoms with Crippen molar-refractivity contribution in [1.82, 2.24) is 30.2 Å². The fourth-order valence-electron chi connectivity index (χ4n) is 3.52. The van der Waals surface area contributed by atoms with E-state index in [0.717, 1.165) is 22.6 Å². The zero-order valence-electron chi connectivity index (χ0n) is 19.4. The van der Waals surface area contributed by atoms with Crippen molar-refractivity contribution in [3.05, 3.63) is 46.8 Å². The molecule has 0 atom stereocenters. The highest BCUT2D eigenvalue weighted by Crippen LogP contribution is 2.31. The van der Waals surface area contributed by atoms with Crippen LogP contribution in [0.25, 0.3) is 22.3 Å². The highest BCUT2D eigenvalue weighted by atomic mass is 35.5. The second-order valence-corrected chi connectivity index (χ2v) is 9.53. The lowest BCUT2D eigenvalue weighted by atomic mass is 10.1. The van der Waals surface area contributed by atoms with Crippen molar-refractivity contribution in [2.75, 3.05) is 17.6 Å². The third-order valence-electron chi connectivity index (χ3n) is 5.00. The smallest absolute Gasteiger partial charge is 0.257 e. The Morgan fingerprint density at radius 1 is 1.26 bits per heavy atom. The SMILES string of the molecule is CCSc1nc(NC(C)C)c2cnn(CCNC(=O)c3c(-c4ccccc4Cl)noc3C)c2n1. The number of hydrogen-bond donors (Lipinski definition) is 2. The molecule has 0 aliphatic heterocycles. The summed E-state index contributed by atoms with van der Waals surface area (Å²) in [6.45, 7) is 8.67. The van der Waals surface area contributed by atoms with Crippen molar-refractivity contribution in [2.45, 2.75) is 45.4 Å². The van der Waals surface area contributed by atoms with Crippen LogP contribution in [-0.2, 0) is 6.54 Å². The Bertz CT molecular complexity index is 1320. The number of fused-ring (bicyclic) bond motifs is 1. The molecule has 3 heterocycles. The maximum absolute atomic E-state index is 13.0. The fraction of sp³-hybridized carbons (Fsp3) is 0.348. The van der Waals surface area contributed by atoms with Crippen LogP contribution in [0.3, 0.4) is 0 Å². The molecule has 0 radical (unpaired) electrons. The van der Waals surface area contributed by atoms with Crippen LogP contribution in [0, 0.1) is 6.92 Å². The molecule has 0 bridgehead atoms. The number of hydrogen-bond acceptors (Lipinski definition) is 8. The third kappa shape index (κ3) is 5.02. The number of nitrogens with zero attached hydrogens (tertiary/aromatic N) is 5. The number of thioether (sulfide) groups is 1. The lowest BCUT2D eigenvalue weighted by molar-refractivity contribution is 0.0951. The first kappa shape index (κ1) is 24.0. The molecule has 0 spiro atoms. The number of amides is 1. The molecule has 4 aromatic rings. The monoisotopic (exact) mass is 499 g/mol. The lowest BCUT2D eigenvalue weighted by Crippen LogP contribution is -2.28. The molecule has 0 saturated carbocycles. The topological polar surface area (TPSA) is 111 Å². The second-order valence-electron chi connectivity index (χ2n) is 7.89. The quantitative estimate of drug-likeness (QED) is 0.249. The molecule has 0 aliphatic carbocycles. The number of nitrogens with one attached hydrogen (secondary N) is 2. The van der Waals surface area contributed by atoms with Crippen LogP contribution in [0.2, 0.25) is 5.02 Å². The van der Waals surface area contributed by atoms with Crippen LogP contribution >= 0.6 is 23.4 Å². The molecule has 0 saturated heterocycles. The summed E-state index contributed by atoms with van der Waals surface area (Å²) in [5, 5.41) is 16.9. The highest BCUT2D eigenvalue weighted by molar-refractivity contribution is 7.99. The van der Waals surface area contributed by atoms with Gasteiger partial charge in [-0.15, -0.1) is 0 Å². The Morgan fingerprint density at radius 2 is 2.06 bits per heavy atom. The summed E-state index contributed by atoms with van der Waals surface area (Å²) in [4.78, 5) is 22.3. The summed E-state index contributed by atoms with van der Waals surface area (Å²) in [7, 11) is 0. The number of rotatable bonds is 9. The molecule has 1 amide bonds. The lowest BCUT2D eigenvalue weighted by Gasteiger charge is -2.12. The first-order valence-corrected chi connectivity index (χ1v) is 12.4. The summed E-state index contributed by atoms with van der Waals surface area (Å²) in [5.41, 5.74) is 2.16. The molecule has 3 aromatic heterocycles. The molecule has 4 rings (SSSR count). The maximum Gasteiger partial charge on any atom is 0.257 e. The molecular weight excluding hydrogens is 474 g/mol. The number of aromatic nitrogens is 5. The van der Waals surface area contributed by atoms with Gasteiger partial charge in [0.05, 0.1) is 23.2 Å². The predicted octanol–water partition coefficient (Wildman–Crippen LogP) is 4.81. The molecule has 0 aliphatic rings. The van der Waals surface area contributed by atoms with Crippen molar-refractivity contribution in [2.24, 2.45) is 0 Å². The van der Waals surface area contributed by atoms with Crippen molar-refractivity contribution < 1.29 is 9.32 Å². The van der Waals surface area contributed by atoms with E-state index in [9.17, 15) is 4.79 Å². The second kappa shape index (κ2) is 10.4. The van der Waals surface area contributed by atoms with Crippen molar-refractivity contribution in [1.29, 1.82) is 0 Å². The Kier molecular flexibility index (Phi) is 7.38. The molecule has 2 N–H and O–H groups in total. The minimum absolute atomic E-state index is 0.222. The van der Waals surface area contributed by atoms with Crippen LogP contribution in [0.4, 0.5) is 5.82 Å². The van der Waals surface area contributed by atoms with Gasteiger partial charge in [-0.25, -0.2) is 14.6 Å². The number of carbonyl (C=O) groups is 1. The normalized spacial score (nSPS) is 11.4. The summed E-state index contributed by atoms with van der Waals surface area (Å²) in [6.07, 6.45) is 1.75. The van der Waals surface area contributed by atoms with E-state index in [4.69, 9.17) is 16.1 Å². The average Bonchev–Trinajstić information content (AvgIpc) is 3.37. The molecule has 0 unspecified atom stereocenters. The first-order valence-electron chi connectivity index (χ1n) is 11.0. The number of carbonyl (C=O) groups excluding carboxylic acids is 1. The highest BCUT2D eigenvalue weighted by Gasteiger charge is 2.23. The van der Waals surface area contributed by atoms with Gasteiger partial charge in [-0.3, -0.25) is 4.79 Å². The fourth-order valence-corrected chi connectivity index (χ4v) is 4.31. The van der Waals surface area contributed by atoms with E-state index < -0.39 is 0 Å². The van der Waals surface area contributed by atoms with E-state index in [2.05, 4.69) is 51.6 Å². The molecule has 9 nitrogen and oxygen atoms in total. The molecule has 11 heteroatoms. The summed E-state index contributed by atoms with van der Waals surface area (Å²) < 4.78 is 7.08. The van der Waals surface area contributed by atoms with Crippen molar-refractivity contribution in [3.8, 4) is 11.3 Å². The Labute approximate surface area is 206 Å². The van der Waals surface area contributed by atoms with Gasteiger partial charge >= 0.3 is 0 Å². The Balaban J connectivity index is 1.53. The van der Waals surface area contributed by atoms with Gasteiger partial charge in [0.1, 0.15) is 22.8 Å². The van der Waals surface area contributed by atoms with Crippen LogP contribution in [-0.4, -0.2) is 49.2 Å². The third-order valence-corrected chi connectivity index (χ3v) is 6.06. The largest absolute Gasteiger partial charge is 0.367 e. The number of aryl methyl sites for hydroxylation is 1. The van der Waals surface area contributed by atoms with E-state index in [1.54, 1.807) is 41.7 Å². The van der Waals surface area contributed by atoms with Gasteiger partial charge in [0, 0.05) is 18.2 Å². The Hall–Kier alpha value is -3.11. The summed E-state index contributed by atoms with van der Waals surface area (Å²) in [6, 6.07) is 7.44. The van der Waals surface area contributed by atoms with Gasteiger partial charge in [0.15, 0.2) is 10.8 Å². The Morgan fingerprint density at radius 3 is 2.79 bits per heavy atom. The van der Waals surface area contributed by atoms with Gasteiger partial charge in [-0.05, 0) is 32.6 Å². The van der Waals surface area contributed by atoms with Crippen LogP contribution in [0.5, 0.6) is 0 Å². The zero-order chi connectivity index (χ0) is 24.2. The van der Waals surface area contributed by atoms with E-state index >= 15 is 0 Å². The molecule has 178 valence electrons. The van der Waals surface area contributed by atoms with E-state index in [1.807, 2.05) is 12.1 Å². The van der Waals surface area contributed by atoms with Gasteiger partial charge in [-0.2, -0.15) is 5.10 Å². The van der Waals surface area contributed by atoms with Crippen LogP contribution in [0.15, 0.2) is 40.1 Å². The van der Waals surface area contributed by atoms with E-state index in [1.165, 1.54) is 0 Å².